The lowest BCUT2D eigenvalue weighted by molar-refractivity contribution is 0.123. The van der Waals surface area contributed by atoms with Crippen LogP contribution in [0, 0.1) is 5.92 Å². The summed E-state index contributed by atoms with van der Waals surface area (Å²) in [4.78, 5) is 0. The van der Waals surface area contributed by atoms with Gasteiger partial charge in [-0.2, -0.15) is 0 Å². The van der Waals surface area contributed by atoms with Crippen LogP contribution in [0.1, 0.15) is 19.3 Å². The van der Waals surface area contributed by atoms with Crippen molar-refractivity contribution in [1.29, 1.82) is 0 Å². The van der Waals surface area contributed by atoms with Crippen molar-refractivity contribution < 1.29 is 5.11 Å². The van der Waals surface area contributed by atoms with E-state index in [2.05, 4.69) is 17.0 Å². The summed E-state index contributed by atoms with van der Waals surface area (Å²) in [7, 11) is 0. The molecular formula is C10H15NO. The Morgan fingerprint density at radius 1 is 1.25 bits per heavy atom. The van der Waals surface area contributed by atoms with Gasteiger partial charge in [0, 0.05) is 24.9 Å². The molecule has 0 radical (unpaired) electrons. The molecule has 1 aromatic heterocycles. The largest absolute Gasteiger partial charge is 0.393 e. The minimum Gasteiger partial charge on any atom is -0.393 e. The number of hydrogen-bond donors (Lipinski definition) is 1. The zero-order chi connectivity index (χ0) is 8.39. The number of aliphatic hydroxyl groups excluding tert-OH is 1. The van der Waals surface area contributed by atoms with E-state index in [0.29, 0.717) is 5.92 Å². The Morgan fingerprint density at radius 3 is 2.58 bits per heavy atom. The van der Waals surface area contributed by atoms with Crippen LogP contribution < -0.4 is 0 Å². The molecule has 2 heteroatoms. The Labute approximate surface area is 72.8 Å². The molecule has 2 atom stereocenters. The van der Waals surface area contributed by atoms with Crippen LogP contribution in [0.5, 0.6) is 0 Å². The van der Waals surface area contributed by atoms with Gasteiger partial charge in [0.25, 0.3) is 0 Å². The Morgan fingerprint density at radius 2 is 2.00 bits per heavy atom. The van der Waals surface area contributed by atoms with Gasteiger partial charge in [-0.25, -0.2) is 0 Å². The highest BCUT2D eigenvalue weighted by atomic mass is 16.3. The third kappa shape index (κ3) is 1.53. The van der Waals surface area contributed by atoms with Crippen molar-refractivity contribution in [3.8, 4) is 0 Å². The molecular weight excluding hydrogens is 150 g/mol. The average molecular weight is 165 g/mol. The average Bonchev–Trinajstić information content (AvgIpc) is 2.65. The third-order valence-electron chi connectivity index (χ3n) is 2.73. The van der Waals surface area contributed by atoms with Gasteiger partial charge >= 0.3 is 0 Å². The second-order valence-electron chi connectivity index (χ2n) is 3.64. The Balaban J connectivity index is 1.95. The minimum absolute atomic E-state index is 0.0626. The van der Waals surface area contributed by atoms with Crippen molar-refractivity contribution in [3.05, 3.63) is 24.5 Å². The second-order valence-corrected chi connectivity index (χ2v) is 3.64. The summed E-state index contributed by atoms with van der Waals surface area (Å²) in [6, 6.07) is 4.06. The van der Waals surface area contributed by atoms with E-state index in [4.69, 9.17) is 0 Å². The van der Waals surface area contributed by atoms with Gasteiger partial charge in [-0.05, 0) is 25.0 Å². The topological polar surface area (TPSA) is 25.2 Å². The highest BCUT2D eigenvalue weighted by molar-refractivity contribution is 4.91. The summed E-state index contributed by atoms with van der Waals surface area (Å²) < 4.78 is 2.15. The molecule has 1 aromatic rings. The van der Waals surface area contributed by atoms with Gasteiger partial charge in [-0.15, -0.1) is 0 Å². The highest BCUT2D eigenvalue weighted by Gasteiger charge is 2.24. The maximum atomic E-state index is 9.57. The highest BCUT2D eigenvalue weighted by Crippen LogP contribution is 2.26. The lowest BCUT2D eigenvalue weighted by Gasteiger charge is -2.14. The lowest BCUT2D eigenvalue weighted by atomic mass is 10.1. The van der Waals surface area contributed by atoms with Crippen LogP contribution in [0.2, 0.25) is 0 Å². The number of nitrogens with zero attached hydrogens (tertiary/aromatic N) is 1. The number of aliphatic hydroxyl groups is 1. The van der Waals surface area contributed by atoms with Crippen LogP contribution in [0.15, 0.2) is 24.5 Å². The first-order valence-corrected chi connectivity index (χ1v) is 4.65. The molecule has 0 saturated heterocycles. The summed E-state index contributed by atoms with van der Waals surface area (Å²) in [6.45, 7) is 0.980. The molecule has 2 unspecified atom stereocenters. The predicted molar refractivity (Wildman–Crippen MR) is 47.8 cm³/mol. The van der Waals surface area contributed by atoms with Crippen LogP contribution in [0.4, 0.5) is 0 Å². The molecule has 1 N–H and O–H groups in total. The first-order valence-electron chi connectivity index (χ1n) is 4.65. The van der Waals surface area contributed by atoms with Crippen molar-refractivity contribution in [2.45, 2.75) is 31.9 Å². The normalized spacial score (nSPS) is 29.4. The van der Waals surface area contributed by atoms with Gasteiger partial charge in [0.05, 0.1) is 6.10 Å². The molecule has 0 spiro atoms. The van der Waals surface area contributed by atoms with E-state index in [1.54, 1.807) is 0 Å². The molecule has 1 fully saturated rings. The number of aromatic nitrogens is 1. The minimum atomic E-state index is -0.0626. The SMILES string of the molecule is OC1CCCC1Cn1cccc1. The summed E-state index contributed by atoms with van der Waals surface area (Å²) >= 11 is 0. The Bertz CT molecular complexity index is 230. The van der Waals surface area contributed by atoms with Crippen molar-refractivity contribution >= 4 is 0 Å². The van der Waals surface area contributed by atoms with Crippen LogP contribution in [0.25, 0.3) is 0 Å². The van der Waals surface area contributed by atoms with Gasteiger partial charge in [-0.1, -0.05) is 6.42 Å². The quantitative estimate of drug-likeness (QED) is 0.708. The fraction of sp³-hybridized carbons (Fsp3) is 0.600. The summed E-state index contributed by atoms with van der Waals surface area (Å²) in [5.41, 5.74) is 0. The molecule has 1 aliphatic rings. The maximum absolute atomic E-state index is 9.57. The van der Waals surface area contributed by atoms with Crippen LogP contribution >= 0.6 is 0 Å². The molecule has 0 bridgehead atoms. The Hall–Kier alpha value is -0.760. The standard InChI is InChI=1S/C10H15NO/c12-10-5-3-4-9(10)8-11-6-1-2-7-11/h1-2,6-7,9-10,12H,3-5,8H2. The molecule has 66 valence electrons. The van der Waals surface area contributed by atoms with E-state index in [0.717, 1.165) is 13.0 Å². The van der Waals surface area contributed by atoms with E-state index < -0.39 is 0 Å². The third-order valence-corrected chi connectivity index (χ3v) is 2.73. The van der Waals surface area contributed by atoms with E-state index >= 15 is 0 Å². The first kappa shape index (κ1) is 7.87. The molecule has 2 nitrogen and oxygen atoms in total. The Kier molecular flexibility index (Phi) is 2.17. The van der Waals surface area contributed by atoms with Crippen LogP contribution in [-0.4, -0.2) is 15.8 Å². The van der Waals surface area contributed by atoms with Crippen LogP contribution in [-0.2, 0) is 6.54 Å². The van der Waals surface area contributed by atoms with Gasteiger partial charge < -0.3 is 9.67 Å². The van der Waals surface area contributed by atoms with E-state index in [1.807, 2.05) is 12.1 Å². The molecule has 1 saturated carbocycles. The van der Waals surface area contributed by atoms with E-state index in [9.17, 15) is 5.11 Å². The van der Waals surface area contributed by atoms with Crippen molar-refractivity contribution in [1.82, 2.24) is 4.57 Å². The smallest absolute Gasteiger partial charge is 0.0585 e. The molecule has 2 rings (SSSR count). The van der Waals surface area contributed by atoms with E-state index in [1.165, 1.54) is 12.8 Å². The molecule has 0 amide bonds. The van der Waals surface area contributed by atoms with Crippen molar-refractivity contribution in [3.63, 3.8) is 0 Å². The molecule has 1 aliphatic carbocycles. The number of hydrogen-bond acceptors (Lipinski definition) is 1. The lowest BCUT2D eigenvalue weighted by Crippen LogP contribution is -2.18. The molecule has 1 heterocycles. The zero-order valence-corrected chi connectivity index (χ0v) is 7.19. The number of rotatable bonds is 2. The maximum Gasteiger partial charge on any atom is 0.0585 e. The van der Waals surface area contributed by atoms with Crippen molar-refractivity contribution in [2.75, 3.05) is 0 Å². The molecule has 12 heavy (non-hydrogen) atoms. The molecule has 0 aliphatic heterocycles. The van der Waals surface area contributed by atoms with E-state index in [-0.39, 0.29) is 6.10 Å². The fourth-order valence-electron chi connectivity index (χ4n) is 1.99. The van der Waals surface area contributed by atoms with Gasteiger partial charge in [0.2, 0.25) is 0 Å². The predicted octanol–water partition coefficient (Wildman–Crippen LogP) is 1.65. The fourth-order valence-corrected chi connectivity index (χ4v) is 1.99. The second kappa shape index (κ2) is 3.31. The zero-order valence-electron chi connectivity index (χ0n) is 7.19. The van der Waals surface area contributed by atoms with Gasteiger partial charge in [0.15, 0.2) is 0 Å². The van der Waals surface area contributed by atoms with Gasteiger partial charge in [0.1, 0.15) is 0 Å². The summed E-state index contributed by atoms with van der Waals surface area (Å²) in [6.07, 6.45) is 7.42. The van der Waals surface area contributed by atoms with Gasteiger partial charge in [-0.3, -0.25) is 0 Å². The van der Waals surface area contributed by atoms with Crippen LogP contribution in [0.3, 0.4) is 0 Å². The summed E-state index contributed by atoms with van der Waals surface area (Å²) in [5.74, 6) is 0.484. The monoisotopic (exact) mass is 165 g/mol. The molecule has 0 aromatic carbocycles. The summed E-state index contributed by atoms with van der Waals surface area (Å²) in [5, 5.41) is 9.57. The first-order chi connectivity index (χ1) is 5.86. The van der Waals surface area contributed by atoms with Crippen molar-refractivity contribution in [2.24, 2.45) is 5.92 Å².